The summed E-state index contributed by atoms with van der Waals surface area (Å²) in [6.07, 6.45) is 3.83. The molecule has 0 spiro atoms. The fourth-order valence-corrected chi connectivity index (χ4v) is 3.37. The number of hydrogen-bond donors (Lipinski definition) is 2. The lowest BCUT2D eigenvalue weighted by Gasteiger charge is -2.15. The molecule has 1 rings (SSSR count). The van der Waals surface area contributed by atoms with Crippen molar-refractivity contribution in [2.75, 3.05) is 0 Å². The van der Waals surface area contributed by atoms with Crippen molar-refractivity contribution in [1.29, 1.82) is 0 Å². The van der Waals surface area contributed by atoms with Crippen LogP contribution in [0.3, 0.4) is 0 Å². The SMILES string of the molecule is CCCCCC(C)NS(=O)(=O)c1cc(CN)ccc1F. The molecule has 0 radical (unpaired) electrons. The van der Waals surface area contributed by atoms with Gasteiger partial charge >= 0.3 is 0 Å². The van der Waals surface area contributed by atoms with Crippen molar-refractivity contribution < 1.29 is 12.8 Å². The van der Waals surface area contributed by atoms with Crippen LogP contribution in [0.15, 0.2) is 23.1 Å². The van der Waals surface area contributed by atoms with Crippen LogP contribution >= 0.6 is 0 Å². The van der Waals surface area contributed by atoms with Gasteiger partial charge in [0.1, 0.15) is 10.7 Å². The smallest absolute Gasteiger partial charge is 0.243 e. The lowest BCUT2D eigenvalue weighted by Crippen LogP contribution is -2.33. The molecular weight excluding hydrogens is 279 g/mol. The minimum Gasteiger partial charge on any atom is -0.326 e. The molecule has 6 heteroatoms. The first kappa shape index (κ1) is 17.1. The van der Waals surface area contributed by atoms with Crippen LogP contribution in [0.4, 0.5) is 4.39 Å². The van der Waals surface area contributed by atoms with Gasteiger partial charge in [-0.2, -0.15) is 0 Å². The second kappa shape index (κ2) is 7.71. The predicted octanol–water partition coefficient (Wildman–Crippen LogP) is 2.53. The summed E-state index contributed by atoms with van der Waals surface area (Å²) in [6, 6.07) is 3.70. The number of hydrogen-bond acceptors (Lipinski definition) is 3. The molecule has 0 amide bonds. The molecular formula is C14H23FN2O2S. The molecule has 0 fully saturated rings. The van der Waals surface area contributed by atoms with E-state index in [1.54, 1.807) is 6.92 Å². The molecule has 0 aliphatic rings. The Morgan fingerprint density at radius 1 is 1.35 bits per heavy atom. The second-order valence-corrected chi connectivity index (χ2v) is 6.67. The average molecular weight is 302 g/mol. The van der Waals surface area contributed by atoms with Gasteiger partial charge in [0.25, 0.3) is 0 Å². The quantitative estimate of drug-likeness (QED) is 0.725. The van der Waals surface area contributed by atoms with Gasteiger partial charge in [0.05, 0.1) is 0 Å². The van der Waals surface area contributed by atoms with Crippen LogP contribution < -0.4 is 10.5 Å². The molecule has 0 bridgehead atoms. The van der Waals surface area contributed by atoms with Gasteiger partial charge in [-0.1, -0.05) is 32.3 Å². The number of sulfonamides is 1. The molecule has 0 aliphatic carbocycles. The maximum absolute atomic E-state index is 13.7. The van der Waals surface area contributed by atoms with E-state index in [1.165, 1.54) is 12.1 Å². The molecule has 1 aromatic rings. The van der Waals surface area contributed by atoms with Gasteiger partial charge in [-0.05, 0) is 31.0 Å². The Balaban J connectivity index is 2.83. The van der Waals surface area contributed by atoms with Crippen molar-refractivity contribution in [3.05, 3.63) is 29.6 Å². The number of nitrogens with two attached hydrogens (primary N) is 1. The molecule has 0 aromatic heterocycles. The van der Waals surface area contributed by atoms with Crippen molar-refractivity contribution in [2.45, 2.75) is 57.0 Å². The Bertz CT molecular complexity index is 532. The summed E-state index contributed by atoms with van der Waals surface area (Å²) in [5.41, 5.74) is 6.05. The first-order chi connectivity index (χ1) is 9.40. The number of unbranched alkanes of at least 4 members (excludes halogenated alkanes) is 2. The van der Waals surface area contributed by atoms with E-state index in [0.29, 0.717) is 5.56 Å². The second-order valence-electron chi connectivity index (χ2n) is 4.99. The zero-order chi connectivity index (χ0) is 15.2. The van der Waals surface area contributed by atoms with E-state index in [1.807, 2.05) is 0 Å². The standard InChI is InChI=1S/C14H23FN2O2S/c1-3-4-5-6-11(2)17-20(18,19)14-9-12(10-16)7-8-13(14)15/h7-9,11,17H,3-6,10,16H2,1-2H3. The third-order valence-corrected chi connectivity index (χ3v) is 4.72. The fraction of sp³-hybridized carbons (Fsp3) is 0.571. The molecule has 4 nitrogen and oxygen atoms in total. The van der Waals surface area contributed by atoms with Gasteiger partial charge in [0.2, 0.25) is 10.0 Å². The Morgan fingerprint density at radius 3 is 2.65 bits per heavy atom. The molecule has 1 aromatic carbocycles. The van der Waals surface area contributed by atoms with Crippen molar-refractivity contribution in [3.63, 3.8) is 0 Å². The highest BCUT2D eigenvalue weighted by Crippen LogP contribution is 2.17. The third-order valence-electron chi connectivity index (χ3n) is 3.12. The Morgan fingerprint density at radius 2 is 2.05 bits per heavy atom. The number of benzene rings is 1. The van der Waals surface area contributed by atoms with Crippen molar-refractivity contribution in [3.8, 4) is 0 Å². The fourth-order valence-electron chi connectivity index (χ4n) is 1.97. The van der Waals surface area contributed by atoms with Gasteiger partial charge in [0.15, 0.2) is 0 Å². The summed E-state index contributed by atoms with van der Waals surface area (Å²) in [5.74, 6) is -0.754. The predicted molar refractivity (Wildman–Crippen MR) is 78.2 cm³/mol. The van der Waals surface area contributed by atoms with E-state index < -0.39 is 15.8 Å². The first-order valence-corrected chi connectivity index (χ1v) is 8.39. The van der Waals surface area contributed by atoms with Crippen LogP contribution in [0.1, 0.15) is 45.1 Å². The normalized spacial score (nSPS) is 13.4. The topological polar surface area (TPSA) is 72.2 Å². The van der Waals surface area contributed by atoms with Crippen molar-refractivity contribution in [2.24, 2.45) is 5.73 Å². The molecule has 3 N–H and O–H groups in total. The molecule has 0 saturated heterocycles. The highest BCUT2D eigenvalue weighted by Gasteiger charge is 2.21. The minimum atomic E-state index is -3.84. The lowest BCUT2D eigenvalue weighted by molar-refractivity contribution is 0.518. The van der Waals surface area contributed by atoms with E-state index in [2.05, 4.69) is 11.6 Å². The molecule has 0 saturated carbocycles. The average Bonchev–Trinajstić information content (AvgIpc) is 2.38. The van der Waals surface area contributed by atoms with E-state index in [4.69, 9.17) is 5.73 Å². The minimum absolute atomic E-state index is 0.175. The largest absolute Gasteiger partial charge is 0.326 e. The van der Waals surface area contributed by atoms with Crippen molar-refractivity contribution in [1.82, 2.24) is 4.72 Å². The van der Waals surface area contributed by atoms with Crippen LogP contribution in [0, 0.1) is 5.82 Å². The maximum Gasteiger partial charge on any atom is 0.243 e. The van der Waals surface area contributed by atoms with Gasteiger partial charge in [-0.3, -0.25) is 0 Å². The summed E-state index contributed by atoms with van der Waals surface area (Å²) < 4.78 is 40.6. The summed E-state index contributed by atoms with van der Waals surface area (Å²) in [7, 11) is -3.84. The highest BCUT2D eigenvalue weighted by molar-refractivity contribution is 7.89. The lowest BCUT2D eigenvalue weighted by atomic mass is 10.1. The highest BCUT2D eigenvalue weighted by atomic mass is 32.2. The molecule has 20 heavy (non-hydrogen) atoms. The first-order valence-electron chi connectivity index (χ1n) is 6.91. The Kier molecular flexibility index (Phi) is 6.58. The Hall–Kier alpha value is -0.980. The van der Waals surface area contributed by atoms with E-state index in [-0.39, 0.29) is 17.5 Å². The molecule has 0 heterocycles. The Labute approximate surface area is 120 Å². The maximum atomic E-state index is 13.7. The van der Waals surface area contributed by atoms with Crippen LogP contribution in [0.5, 0.6) is 0 Å². The summed E-state index contributed by atoms with van der Waals surface area (Å²) in [4.78, 5) is -0.331. The van der Waals surface area contributed by atoms with Gasteiger partial charge in [-0.15, -0.1) is 0 Å². The van der Waals surface area contributed by atoms with Crippen LogP contribution in [-0.2, 0) is 16.6 Å². The zero-order valence-corrected chi connectivity index (χ0v) is 12.8. The number of rotatable bonds is 8. The van der Waals surface area contributed by atoms with Gasteiger partial charge in [-0.25, -0.2) is 17.5 Å². The van der Waals surface area contributed by atoms with Gasteiger partial charge in [0, 0.05) is 12.6 Å². The van der Waals surface area contributed by atoms with Crippen LogP contribution in [0.2, 0.25) is 0 Å². The van der Waals surface area contributed by atoms with Crippen LogP contribution in [-0.4, -0.2) is 14.5 Å². The number of nitrogens with one attached hydrogen (secondary N) is 1. The van der Waals surface area contributed by atoms with E-state index >= 15 is 0 Å². The van der Waals surface area contributed by atoms with Crippen molar-refractivity contribution >= 4 is 10.0 Å². The third kappa shape index (κ3) is 4.85. The summed E-state index contributed by atoms with van der Waals surface area (Å²) in [5, 5.41) is 0. The molecule has 114 valence electrons. The van der Waals surface area contributed by atoms with Crippen LogP contribution in [0.25, 0.3) is 0 Å². The van der Waals surface area contributed by atoms with E-state index in [0.717, 1.165) is 31.7 Å². The summed E-state index contributed by atoms with van der Waals surface area (Å²) >= 11 is 0. The molecule has 0 aliphatic heterocycles. The molecule has 1 atom stereocenters. The monoisotopic (exact) mass is 302 g/mol. The number of halogens is 1. The molecule has 1 unspecified atom stereocenters. The van der Waals surface area contributed by atoms with E-state index in [9.17, 15) is 12.8 Å². The summed E-state index contributed by atoms with van der Waals surface area (Å²) in [6.45, 7) is 4.05. The van der Waals surface area contributed by atoms with Gasteiger partial charge < -0.3 is 5.73 Å². The zero-order valence-electron chi connectivity index (χ0n) is 12.0.